The number of nitrogens with one attached hydrogen (secondary N) is 2. The number of imide groups is 2. The van der Waals surface area contributed by atoms with Gasteiger partial charge in [-0.15, -0.1) is 0 Å². The minimum atomic E-state index is -0.831. The van der Waals surface area contributed by atoms with Crippen molar-refractivity contribution < 1.29 is 23.9 Å². The fourth-order valence-electron chi connectivity index (χ4n) is 3.36. The Bertz CT molecular complexity index is 1010. The first-order chi connectivity index (χ1) is 14.3. The second-order valence-corrected chi connectivity index (χ2v) is 7.10. The lowest BCUT2D eigenvalue weighted by Crippen LogP contribution is -2.51. The van der Waals surface area contributed by atoms with Crippen LogP contribution in [0, 0.1) is 20.8 Å². The van der Waals surface area contributed by atoms with Gasteiger partial charge in [-0.2, -0.15) is 0 Å². The summed E-state index contributed by atoms with van der Waals surface area (Å²) in [5.41, 5.74) is 5.07. The SMILES string of the molecule is CCOc1cc(C=C2C(=O)NC(=O)NC2=O)ccc1OCc1c(C)cc(C)cc1C. The highest BCUT2D eigenvalue weighted by Gasteiger charge is 2.27. The van der Waals surface area contributed by atoms with Crippen LogP contribution >= 0.6 is 0 Å². The standard InChI is InChI=1S/C23H24N2O5/c1-5-29-20-11-16(10-17-21(26)24-23(28)25-22(17)27)6-7-19(20)30-12-18-14(3)8-13(2)9-15(18)4/h6-11H,5,12H2,1-4H3,(H2,24,25,26,27,28). The Morgan fingerprint density at radius 2 is 1.50 bits per heavy atom. The Hall–Kier alpha value is -3.61. The van der Waals surface area contributed by atoms with Gasteiger partial charge in [0.1, 0.15) is 12.2 Å². The normalized spacial score (nSPS) is 13.6. The van der Waals surface area contributed by atoms with Crippen LogP contribution in [0.2, 0.25) is 0 Å². The van der Waals surface area contributed by atoms with Gasteiger partial charge < -0.3 is 9.47 Å². The first-order valence-corrected chi connectivity index (χ1v) is 9.63. The van der Waals surface area contributed by atoms with E-state index in [1.54, 1.807) is 18.2 Å². The molecule has 0 aliphatic carbocycles. The molecule has 0 saturated carbocycles. The highest BCUT2D eigenvalue weighted by atomic mass is 16.5. The lowest BCUT2D eigenvalue weighted by Gasteiger charge is -2.16. The van der Waals surface area contributed by atoms with E-state index in [2.05, 4.69) is 43.5 Å². The van der Waals surface area contributed by atoms with Crippen LogP contribution < -0.4 is 20.1 Å². The van der Waals surface area contributed by atoms with E-state index < -0.39 is 17.8 Å². The Balaban J connectivity index is 1.85. The first-order valence-electron chi connectivity index (χ1n) is 9.63. The van der Waals surface area contributed by atoms with Crippen molar-refractivity contribution in [3.63, 3.8) is 0 Å². The van der Waals surface area contributed by atoms with Gasteiger partial charge in [0.05, 0.1) is 6.61 Å². The van der Waals surface area contributed by atoms with E-state index in [1.165, 1.54) is 11.6 Å². The molecule has 30 heavy (non-hydrogen) atoms. The highest BCUT2D eigenvalue weighted by molar-refractivity contribution is 6.31. The van der Waals surface area contributed by atoms with Crippen molar-refractivity contribution in [2.45, 2.75) is 34.3 Å². The Kier molecular flexibility index (Phi) is 6.20. The number of rotatable bonds is 6. The molecule has 4 amide bonds. The quantitative estimate of drug-likeness (QED) is 0.565. The van der Waals surface area contributed by atoms with Crippen LogP contribution in [0.15, 0.2) is 35.9 Å². The van der Waals surface area contributed by atoms with Gasteiger partial charge in [0.15, 0.2) is 11.5 Å². The fraction of sp³-hybridized carbons (Fsp3) is 0.261. The molecule has 3 rings (SSSR count). The molecule has 0 spiro atoms. The molecule has 0 atom stereocenters. The molecule has 1 heterocycles. The molecule has 2 aromatic carbocycles. The summed E-state index contributed by atoms with van der Waals surface area (Å²) < 4.78 is 11.7. The van der Waals surface area contributed by atoms with Crippen molar-refractivity contribution in [2.24, 2.45) is 0 Å². The third-order valence-electron chi connectivity index (χ3n) is 4.73. The molecule has 2 N–H and O–H groups in total. The summed E-state index contributed by atoms with van der Waals surface area (Å²) in [6.45, 7) is 8.86. The van der Waals surface area contributed by atoms with E-state index in [-0.39, 0.29) is 5.57 Å². The molecule has 2 aromatic rings. The van der Waals surface area contributed by atoms with Crippen LogP contribution in [-0.4, -0.2) is 24.5 Å². The zero-order chi connectivity index (χ0) is 21.8. The van der Waals surface area contributed by atoms with Crippen molar-refractivity contribution in [1.82, 2.24) is 10.6 Å². The van der Waals surface area contributed by atoms with E-state index in [0.29, 0.717) is 30.3 Å². The van der Waals surface area contributed by atoms with Crippen molar-refractivity contribution in [3.8, 4) is 11.5 Å². The highest BCUT2D eigenvalue weighted by Crippen LogP contribution is 2.31. The molecule has 1 aliphatic heterocycles. The molecule has 7 heteroatoms. The van der Waals surface area contributed by atoms with E-state index in [0.717, 1.165) is 16.7 Å². The maximum absolute atomic E-state index is 11.9. The van der Waals surface area contributed by atoms with Gasteiger partial charge >= 0.3 is 6.03 Å². The van der Waals surface area contributed by atoms with Crippen molar-refractivity contribution >= 4 is 23.9 Å². The van der Waals surface area contributed by atoms with Crippen LogP contribution in [-0.2, 0) is 16.2 Å². The van der Waals surface area contributed by atoms with Crippen LogP contribution in [0.4, 0.5) is 4.79 Å². The Labute approximate surface area is 175 Å². The molecule has 0 unspecified atom stereocenters. The monoisotopic (exact) mass is 408 g/mol. The van der Waals surface area contributed by atoms with Gasteiger partial charge in [-0.25, -0.2) is 4.79 Å². The lowest BCUT2D eigenvalue weighted by atomic mass is 10.0. The van der Waals surface area contributed by atoms with Crippen LogP contribution in [0.3, 0.4) is 0 Å². The summed E-state index contributed by atoms with van der Waals surface area (Å²) >= 11 is 0. The molecule has 0 aromatic heterocycles. The zero-order valence-corrected chi connectivity index (χ0v) is 17.4. The summed E-state index contributed by atoms with van der Waals surface area (Å²) in [5.74, 6) is -0.423. The number of hydrogen-bond donors (Lipinski definition) is 2. The smallest absolute Gasteiger partial charge is 0.328 e. The number of hydrogen-bond acceptors (Lipinski definition) is 5. The second-order valence-electron chi connectivity index (χ2n) is 7.10. The average Bonchev–Trinajstić information content (AvgIpc) is 2.65. The van der Waals surface area contributed by atoms with E-state index in [9.17, 15) is 14.4 Å². The molecule has 156 valence electrons. The minimum Gasteiger partial charge on any atom is -0.490 e. The molecule has 1 aliphatic rings. The maximum atomic E-state index is 11.9. The summed E-state index contributed by atoms with van der Waals surface area (Å²) in [5, 5.41) is 4.10. The summed E-state index contributed by atoms with van der Waals surface area (Å²) in [6, 6.07) is 8.56. The molecule has 0 radical (unpaired) electrons. The zero-order valence-electron chi connectivity index (χ0n) is 17.4. The van der Waals surface area contributed by atoms with E-state index >= 15 is 0 Å². The minimum absolute atomic E-state index is 0.156. The van der Waals surface area contributed by atoms with Gasteiger partial charge in [-0.05, 0) is 68.2 Å². The van der Waals surface area contributed by atoms with Crippen molar-refractivity contribution in [3.05, 3.63) is 63.7 Å². The second kappa shape index (κ2) is 8.82. The van der Waals surface area contributed by atoms with Gasteiger partial charge in [0.2, 0.25) is 0 Å². The average molecular weight is 408 g/mol. The number of urea groups is 1. The number of aryl methyl sites for hydroxylation is 3. The first kappa shape index (κ1) is 21.1. The topological polar surface area (TPSA) is 93.7 Å². The number of barbiturate groups is 1. The van der Waals surface area contributed by atoms with Gasteiger partial charge in [-0.1, -0.05) is 23.8 Å². The third-order valence-corrected chi connectivity index (χ3v) is 4.73. The van der Waals surface area contributed by atoms with Crippen molar-refractivity contribution in [2.75, 3.05) is 6.61 Å². The largest absolute Gasteiger partial charge is 0.490 e. The predicted molar refractivity (Wildman–Crippen MR) is 112 cm³/mol. The number of ether oxygens (including phenoxy) is 2. The lowest BCUT2D eigenvalue weighted by molar-refractivity contribution is -0.123. The fourth-order valence-corrected chi connectivity index (χ4v) is 3.36. The molecule has 7 nitrogen and oxygen atoms in total. The molecule has 1 saturated heterocycles. The Morgan fingerprint density at radius 1 is 0.867 bits per heavy atom. The van der Waals surface area contributed by atoms with E-state index in [4.69, 9.17) is 9.47 Å². The summed E-state index contributed by atoms with van der Waals surface area (Å²) in [4.78, 5) is 35.0. The number of carbonyl (C=O) groups is 3. The third kappa shape index (κ3) is 4.68. The number of carbonyl (C=O) groups excluding carboxylic acids is 3. The van der Waals surface area contributed by atoms with Crippen molar-refractivity contribution in [1.29, 1.82) is 0 Å². The molecule has 0 bridgehead atoms. The van der Waals surface area contributed by atoms with Gasteiger partial charge in [-0.3, -0.25) is 20.2 Å². The molecular formula is C23H24N2O5. The number of amides is 4. The number of benzene rings is 2. The Morgan fingerprint density at radius 3 is 2.10 bits per heavy atom. The summed E-state index contributed by atoms with van der Waals surface area (Å²) in [6.07, 6.45) is 1.40. The van der Waals surface area contributed by atoms with Crippen LogP contribution in [0.5, 0.6) is 11.5 Å². The van der Waals surface area contributed by atoms with Crippen LogP contribution in [0.1, 0.15) is 34.7 Å². The summed E-state index contributed by atoms with van der Waals surface area (Å²) in [7, 11) is 0. The van der Waals surface area contributed by atoms with Crippen LogP contribution in [0.25, 0.3) is 6.08 Å². The molecule has 1 fully saturated rings. The molecular weight excluding hydrogens is 384 g/mol. The van der Waals surface area contributed by atoms with Gasteiger partial charge in [0.25, 0.3) is 11.8 Å². The predicted octanol–water partition coefficient (Wildman–Crippen LogP) is 3.34. The van der Waals surface area contributed by atoms with Gasteiger partial charge in [0, 0.05) is 0 Å². The maximum Gasteiger partial charge on any atom is 0.328 e. The van der Waals surface area contributed by atoms with E-state index in [1.807, 2.05) is 6.92 Å².